The molecule has 0 aromatic heterocycles. The number of amides is 1. The zero-order valence-corrected chi connectivity index (χ0v) is 13.5. The summed E-state index contributed by atoms with van der Waals surface area (Å²) in [5.74, 6) is -1.03. The maximum atomic E-state index is 12.3. The molecule has 0 bridgehead atoms. The number of aliphatic carboxylic acids is 1. The van der Waals surface area contributed by atoms with Crippen molar-refractivity contribution < 1.29 is 19.4 Å². The van der Waals surface area contributed by atoms with Crippen LogP contribution >= 0.6 is 0 Å². The summed E-state index contributed by atoms with van der Waals surface area (Å²) in [6, 6.07) is 9.55. The highest BCUT2D eigenvalue weighted by Gasteiger charge is 2.26. The van der Waals surface area contributed by atoms with Crippen LogP contribution in [0.1, 0.15) is 24.8 Å². The fourth-order valence-electron chi connectivity index (χ4n) is 2.81. The molecule has 0 saturated carbocycles. The lowest BCUT2D eigenvalue weighted by Crippen LogP contribution is -2.48. The second kappa shape index (κ2) is 8.53. The molecule has 23 heavy (non-hydrogen) atoms. The summed E-state index contributed by atoms with van der Waals surface area (Å²) in [4.78, 5) is 26.8. The van der Waals surface area contributed by atoms with Crippen LogP contribution < -0.4 is 0 Å². The minimum absolute atomic E-state index is 0.149. The molecule has 0 unspecified atom stereocenters. The molecule has 1 aromatic rings. The topological polar surface area (TPSA) is 70.1 Å². The first-order valence-corrected chi connectivity index (χ1v) is 7.94. The number of hydrogen-bond donors (Lipinski definition) is 1. The highest BCUT2D eigenvalue weighted by molar-refractivity contribution is 5.76. The molecule has 2 rings (SSSR count). The Hall–Kier alpha value is -2.08. The van der Waals surface area contributed by atoms with Crippen molar-refractivity contribution in [2.75, 3.05) is 26.7 Å². The molecule has 1 N–H and O–H groups in total. The standard InChI is InChI=1S/C17H24N2O4/c1-18-10-6-5-9-15(18)11-19(12-16(20)21)17(22)23-13-14-7-3-2-4-8-14/h2-4,7-8,15H,5-6,9-13H2,1H3,(H,20,21)/t15-/m0/s1. The molecule has 1 aliphatic rings. The number of likely N-dealkylation sites (N-methyl/N-ethyl adjacent to an activating group) is 1. The normalized spacial score (nSPS) is 18.4. The summed E-state index contributed by atoms with van der Waals surface area (Å²) in [6.07, 6.45) is 2.65. The van der Waals surface area contributed by atoms with E-state index in [0.717, 1.165) is 31.4 Å². The molecule has 0 aliphatic carbocycles. The van der Waals surface area contributed by atoms with E-state index in [1.165, 1.54) is 4.90 Å². The maximum absolute atomic E-state index is 12.3. The Balaban J connectivity index is 1.93. The fourth-order valence-corrected chi connectivity index (χ4v) is 2.81. The number of rotatable bonds is 6. The number of carboxylic acid groups (broad SMARTS) is 1. The van der Waals surface area contributed by atoms with E-state index in [0.29, 0.717) is 6.54 Å². The highest BCUT2D eigenvalue weighted by atomic mass is 16.6. The van der Waals surface area contributed by atoms with Gasteiger partial charge in [-0.05, 0) is 32.0 Å². The predicted molar refractivity (Wildman–Crippen MR) is 86.1 cm³/mol. The van der Waals surface area contributed by atoms with Crippen LogP contribution in [0.25, 0.3) is 0 Å². The number of likely N-dealkylation sites (tertiary alicyclic amines) is 1. The molecule has 0 radical (unpaired) electrons. The van der Waals surface area contributed by atoms with Crippen LogP contribution in [-0.2, 0) is 16.1 Å². The van der Waals surface area contributed by atoms with E-state index in [1.54, 1.807) is 0 Å². The van der Waals surface area contributed by atoms with Gasteiger partial charge in [0.2, 0.25) is 0 Å². The summed E-state index contributed by atoms with van der Waals surface area (Å²) in [5, 5.41) is 9.05. The van der Waals surface area contributed by atoms with Crippen molar-refractivity contribution >= 4 is 12.1 Å². The Kier molecular flexibility index (Phi) is 6.40. The van der Waals surface area contributed by atoms with Crippen molar-refractivity contribution in [1.29, 1.82) is 0 Å². The van der Waals surface area contributed by atoms with E-state index in [1.807, 2.05) is 37.4 Å². The molecule has 1 amide bonds. The number of nitrogens with zero attached hydrogens (tertiary/aromatic N) is 2. The monoisotopic (exact) mass is 320 g/mol. The number of hydrogen-bond acceptors (Lipinski definition) is 4. The summed E-state index contributed by atoms with van der Waals surface area (Å²) in [5.41, 5.74) is 0.880. The second-order valence-corrected chi connectivity index (χ2v) is 5.94. The van der Waals surface area contributed by atoms with Crippen LogP contribution in [0.2, 0.25) is 0 Å². The molecule has 126 valence electrons. The summed E-state index contributed by atoms with van der Waals surface area (Å²) < 4.78 is 5.27. The lowest BCUT2D eigenvalue weighted by atomic mass is 10.0. The van der Waals surface area contributed by atoms with Gasteiger partial charge in [0.15, 0.2) is 0 Å². The molecule has 1 aromatic carbocycles. The van der Waals surface area contributed by atoms with Gasteiger partial charge >= 0.3 is 12.1 Å². The van der Waals surface area contributed by atoms with Crippen LogP contribution in [0.15, 0.2) is 30.3 Å². The Morgan fingerprint density at radius 1 is 1.30 bits per heavy atom. The van der Waals surface area contributed by atoms with Crippen LogP contribution in [-0.4, -0.2) is 59.7 Å². The van der Waals surface area contributed by atoms with Crippen molar-refractivity contribution in [3.8, 4) is 0 Å². The van der Waals surface area contributed by atoms with Gasteiger partial charge in [0.05, 0.1) is 0 Å². The lowest BCUT2D eigenvalue weighted by Gasteiger charge is -2.35. The molecule has 1 atom stereocenters. The first-order valence-electron chi connectivity index (χ1n) is 7.94. The average molecular weight is 320 g/mol. The Morgan fingerprint density at radius 3 is 2.70 bits per heavy atom. The first-order chi connectivity index (χ1) is 11.1. The molecule has 1 saturated heterocycles. The van der Waals surface area contributed by atoms with Gasteiger partial charge < -0.3 is 14.7 Å². The zero-order valence-electron chi connectivity index (χ0n) is 13.5. The van der Waals surface area contributed by atoms with Crippen molar-refractivity contribution in [1.82, 2.24) is 9.80 Å². The SMILES string of the molecule is CN1CCCC[C@H]1CN(CC(=O)O)C(=O)OCc1ccccc1. The van der Waals surface area contributed by atoms with Gasteiger partial charge in [0.25, 0.3) is 0 Å². The van der Waals surface area contributed by atoms with Crippen LogP contribution in [0.5, 0.6) is 0 Å². The van der Waals surface area contributed by atoms with Gasteiger partial charge in [-0.2, -0.15) is 0 Å². The largest absolute Gasteiger partial charge is 0.480 e. The maximum Gasteiger partial charge on any atom is 0.410 e. The van der Waals surface area contributed by atoms with Crippen LogP contribution in [0.3, 0.4) is 0 Å². The third-order valence-electron chi connectivity index (χ3n) is 4.14. The molecule has 6 heteroatoms. The number of piperidine rings is 1. The van der Waals surface area contributed by atoms with Crippen molar-refractivity contribution in [2.24, 2.45) is 0 Å². The second-order valence-electron chi connectivity index (χ2n) is 5.94. The number of carboxylic acids is 1. The van der Waals surface area contributed by atoms with E-state index in [-0.39, 0.29) is 19.2 Å². The smallest absolute Gasteiger partial charge is 0.410 e. The van der Waals surface area contributed by atoms with Crippen molar-refractivity contribution in [3.63, 3.8) is 0 Å². The van der Waals surface area contributed by atoms with Gasteiger partial charge in [-0.15, -0.1) is 0 Å². The summed E-state index contributed by atoms with van der Waals surface area (Å²) >= 11 is 0. The average Bonchev–Trinajstić information content (AvgIpc) is 2.54. The van der Waals surface area contributed by atoms with Gasteiger partial charge in [-0.1, -0.05) is 36.8 Å². The van der Waals surface area contributed by atoms with Gasteiger partial charge in [0.1, 0.15) is 13.2 Å². The lowest BCUT2D eigenvalue weighted by molar-refractivity contribution is -0.138. The third kappa shape index (κ3) is 5.56. The van der Waals surface area contributed by atoms with Gasteiger partial charge in [-0.3, -0.25) is 9.69 Å². The molecule has 1 fully saturated rings. The van der Waals surface area contributed by atoms with Crippen LogP contribution in [0, 0.1) is 0 Å². The van der Waals surface area contributed by atoms with Crippen LogP contribution in [0.4, 0.5) is 4.79 Å². The quantitative estimate of drug-likeness (QED) is 0.870. The minimum atomic E-state index is -1.03. The van der Waals surface area contributed by atoms with E-state index in [2.05, 4.69) is 4.90 Å². The van der Waals surface area contributed by atoms with E-state index >= 15 is 0 Å². The number of benzene rings is 1. The summed E-state index contributed by atoms with van der Waals surface area (Å²) in [6.45, 7) is 1.18. The zero-order chi connectivity index (χ0) is 16.7. The number of carbonyl (C=O) groups excluding carboxylic acids is 1. The van der Waals surface area contributed by atoms with E-state index < -0.39 is 12.1 Å². The molecule has 6 nitrogen and oxygen atoms in total. The fraction of sp³-hybridized carbons (Fsp3) is 0.529. The molecular weight excluding hydrogens is 296 g/mol. The van der Waals surface area contributed by atoms with Gasteiger partial charge in [0, 0.05) is 12.6 Å². The first kappa shape index (κ1) is 17.3. The molecule has 1 aliphatic heterocycles. The molecular formula is C17H24N2O4. The van der Waals surface area contributed by atoms with E-state index in [9.17, 15) is 9.59 Å². The molecule has 1 heterocycles. The van der Waals surface area contributed by atoms with Crippen molar-refractivity contribution in [2.45, 2.75) is 31.9 Å². The minimum Gasteiger partial charge on any atom is -0.480 e. The Morgan fingerprint density at radius 2 is 2.04 bits per heavy atom. The third-order valence-corrected chi connectivity index (χ3v) is 4.14. The Labute approximate surface area is 136 Å². The number of ether oxygens (including phenoxy) is 1. The highest BCUT2D eigenvalue weighted by Crippen LogP contribution is 2.16. The number of carbonyl (C=O) groups is 2. The van der Waals surface area contributed by atoms with E-state index in [4.69, 9.17) is 9.84 Å². The molecule has 0 spiro atoms. The summed E-state index contributed by atoms with van der Waals surface area (Å²) in [7, 11) is 2.01. The van der Waals surface area contributed by atoms with Crippen molar-refractivity contribution in [3.05, 3.63) is 35.9 Å². The predicted octanol–water partition coefficient (Wildman–Crippen LogP) is 2.19. The Bertz CT molecular complexity index is 521. The van der Waals surface area contributed by atoms with Gasteiger partial charge in [-0.25, -0.2) is 4.79 Å².